The number of amides is 1. The summed E-state index contributed by atoms with van der Waals surface area (Å²) in [4.78, 5) is 27.4. The molecule has 5 nitrogen and oxygen atoms in total. The van der Waals surface area contributed by atoms with Crippen molar-refractivity contribution >= 4 is 23.2 Å². The van der Waals surface area contributed by atoms with Gasteiger partial charge in [0.1, 0.15) is 5.01 Å². The van der Waals surface area contributed by atoms with Crippen LogP contribution in [-0.4, -0.2) is 22.0 Å². The number of aromatic nitrogens is 1. The van der Waals surface area contributed by atoms with E-state index in [9.17, 15) is 9.59 Å². The third-order valence-corrected chi connectivity index (χ3v) is 4.98. The average molecular weight is 282 g/mol. The molecule has 3 atom stereocenters. The summed E-state index contributed by atoms with van der Waals surface area (Å²) in [5.74, 6) is -1.97. The van der Waals surface area contributed by atoms with Gasteiger partial charge in [0.15, 0.2) is 0 Å². The molecule has 6 heteroatoms. The predicted molar refractivity (Wildman–Crippen MR) is 71.7 cm³/mol. The Hall–Kier alpha value is -1.43. The number of aliphatic carboxylic acids is 1. The van der Waals surface area contributed by atoms with E-state index in [1.165, 1.54) is 11.3 Å². The van der Waals surface area contributed by atoms with Crippen LogP contribution in [0, 0.1) is 11.8 Å². The second-order valence-corrected chi connectivity index (χ2v) is 6.04. The Balaban J connectivity index is 2.07. The van der Waals surface area contributed by atoms with Gasteiger partial charge in [-0.25, -0.2) is 4.98 Å². The maximum atomic E-state index is 12.2. The fraction of sp³-hybridized carbons (Fsp3) is 0.615. The number of rotatable bonds is 5. The lowest BCUT2D eigenvalue weighted by atomic mass is 9.73. The van der Waals surface area contributed by atoms with Gasteiger partial charge in [-0.3, -0.25) is 9.59 Å². The van der Waals surface area contributed by atoms with Crippen LogP contribution in [0.15, 0.2) is 11.6 Å². The largest absolute Gasteiger partial charge is 0.481 e. The summed E-state index contributed by atoms with van der Waals surface area (Å²) in [6.45, 7) is 3.91. The van der Waals surface area contributed by atoms with Gasteiger partial charge in [0.2, 0.25) is 5.91 Å². The highest BCUT2D eigenvalue weighted by molar-refractivity contribution is 7.09. The lowest BCUT2D eigenvalue weighted by Crippen LogP contribution is -2.50. The van der Waals surface area contributed by atoms with Crippen LogP contribution in [-0.2, 0) is 15.1 Å². The lowest BCUT2D eigenvalue weighted by Gasteiger charge is -2.36. The van der Waals surface area contributed by atoms with Gasteiger partial charge < -0.3 is 10.4 Å². The first-order valence-corrected chi connectivity index (χ1v) is 7.30. The summed E-state index contributed by atoms with van der Waals surface area (Å²) in [7, 11) is 0. The zero-order valence-corrected chi connectivity index (χ0v) is 11.9. The highest BCUT2D eigenvalue weighted by atomic mass is 32.1. The Kier molecular flexibility index (Phi) is 3.89. The Morgan fingerprint density at radius 2 is 2.21 bits per heavy atom. The van der Waals surface area contributed by atoms with Gasteiger partial charge in [0, 0.05) is 11.6 Å². The molecule has 2 rings (SSSR count). The van der Waals surface area contributed by atoms with E-state index in [0.717, 1.165) is 11.4 Å². The van der Waals surface area contributed by atoms with E-state index in [0.29, 0.717) is 12.8 Å². The van der Waals surface area contributed by atoms with Crippen molar-refractivity contribution in [3.63, 3.8) is 0 Å². The van der Waals surface area contributed by atoms with E-state index in [4.69, 9.17) is 5.11 Å². The van der Waals surface area contributed by atoms with Gasteiger partial charge in [-0.2, -0.15) is 0 Å². The summed E-state index contributed by atoms with van der Waals surface area (Å²) in [6, 6.07) is 0. The first-order chi connectivity index (χ1) is 8.98. The molecule has 0 saturated heterocycles. The fourth-order valence-corrected chi connectivity index (χ4v) is 3.09. The number of nitrogens with zero attached hydrogens (tertiary/aromatic N) is 1. The van der Waals surface area contributed by atoms with Gasteiger partial charge in [0.25, 0.3) is 0 Å². The Labute approximate surface area is 116 Å². The summed E-state index contributed by atoms with van der Waals surface area (Å²) in [5, 5.41) is 14.7. The second kappa shape index (κ2) is 5.28. The van der Waals surface area contributed by atoms with Crippen molar-refractivity contribution < 1.29 is 14.7 Å². The molecule has 0 bridgehead atoms. The van der Waals surface area contributed by atoms with E-state index in [1.807, 2.05) is 19.2 Å². The van der Waals surface area contributed by atoms with Crippen LogP contribution in [0.25, 0.3) is 0 Å². The van der Waals surface area contributed by atoms with Crippen LogP contribution in [0.1, 0.15) is 38.1 Å². The highest BCUT2D eigenvalue weighted by Crippen LogP contribution is 2.36. The van der Waals surface area contributed by atoms with Crippen molar-refractivity contribution in [1.82, 2.24) is 10.3 Å². The molecule has 0 aromatic carbocycles. The smallest absolute Gasteiger partial charge is 0.307 e. The quantitative estimate of drug-likeness (QED) is 0.865. The normalized spacial score (nSPS) is 25.2. The summed E-state index contributed by atoms with van der Waals surface area (Å²) in [5.41, 5.74) is -0.510. The van der Waals surface area contributed by atoms with E-state index in [-0.39, 0.29) is 5.91 Å². The summed E-state index contributed by atoms with van der Waals surface area (Å²) >= 11 is 1.50. The first-order valence-electron chi connectivity index (χ1n) is 6.42. The molecular weight excluding hydrogens is 264 g/mol. The van der Waals surface area contributed by atoms with Crippen molar-refractivity contribution in [3.05, 3.63) is 16.6 Å². The van der Waals surface area contributed by atoms with Crippen molar-refractivity contribution in [2.75, 3.05) is 0 Å². The van der Waals surface area contributed by atoms with Crippen LogP contribution >= 0.6 is 11.3 Å². The van der Waals surface area contributed by atoms with E-state index >= 15 is 0 Å². The van der Waals surface area contributed by atoms with Crippen molar-refractivity contribution in [3.8, 4) is 0 Å². The predicted octanol–water partition coefficient (Wildman–Crippen LogP) is 2.00. The summed E-state index contributed by atoms with van der Waals surface area (Å²) in [6.07, 6.45) is 3.67. The standard InChI is InChI=1S/C13H18N2O3S/c1-3-13(2,12-14-6-7-19-12)15-10(16)8-4-5-9(8)11(17)18/h6-9H,3-5H2,1-2H3,(H,15,16)(H,17,18). The second-order valence-electron chi connectivity index (χ2n) is 5.14. The number of carbonyl (C=O) groups excluding carboxylic acids is 1. The Morgan fingerprint density at radius 3 is 2.63 bits per heavy atom. The average Bonchev–Trinajstić information content (AvgIpc) is 2.80. The third-order valence-electron chi connectivity index (χ3n) is 3.94. The monoisotopic (exact) mass is 282 g/mol. The van der Waals surface area contributed by atoms with Crippen LogP contribution < -0.4 is 5.32 Å². The minimum atomic E-state index is -0.876. The van der Waals surface area contributed by atoms with Crippen molar-refractivity contribution in [2.24, 2.45) is 11.8 Å². The molecule has 3 unspecified atom stereocenters. The maximum Gasteiger partial charge on any atom is 0.307 e. The van der Waals surface area contributed by atoms with Gasteiger partial charge in [-0.15, -0.1) is 11.3 Å². The molecule has 1 aliphatic carbocycles. The third kappa shape index (κ3) is 2.63. The first kappa shape index (κ1) is 14.0. The van der Waals surface area contributed by atoms with E-state index in [1.54, 1.807) is 6.20 Å². The van der Waals surface area contributed by atoms with Gasteiger partial charge in [-0.1, -0.05) is 6.92 Å². The molecule has 0 spiro atoms. The number of carbonyl (C=O) groups is 2. The zero-order valence-electron chi connectivity index (χ0n) is 11.0. The number of carboxylic acids is 1. The molecule has 1 aromatic heterocycles. The van der Waals surface area contributed by atoms with Crippen LogP contribution in [0.2, 0.25) is 0 Å². The van der Waals surface area contributed by atoms with Crippen molar-refractivity contribution in [1.29, 1.82) is 0 Å². The molecule has 0 radical (unpaired) electrons. The molecular formula is C13H18N2O3S. The van der Waals surface area contributed by atoms with E-state index < -0.39 is 23.3 Å². The number of nitrogens with one attached hydrogen (secondary N) is 1. The molecule has 1 aromatic rings. The Morgan fingerprint density at radius 1 is 1.53 bits per heavy atom. The minimum Gasteiger partial charge on any atom is -0.481 e. The fourth-order valence-electron chi connectivity index (χ4n) is 2.26. The molecule has 19 heavy (non-hydrogen) atoms. The highest BCUT2D eigenvalue weighted by Gasteiger charge is 2.43. The summed E-state index contributed by atoms with van der Waals surface area (Å²) < 4.78 is 0. The molecule has 1 saturated carbocycles. The number of hydrogen-bond donors (Lipinski definition) is 2. The SMILES string of the molecule is CCC(C)(NC(=O)C1CCC1C(=O)O)c1nccs1. The molecule has 1 aliphatic rings. The number of hydrogen-bond acceptors (Lipinski definition) is 4. The molecule has 1 heterocycles. The molecule has 0 aliphatic heterocycles. The van der Waals surface area contributed by atoms with Gasteiger partial charge >= 0.3 is 5.97 Å². The van der Waals surface area contributed by atoms with Crippen molar-refractivity contribution in [2.45, 2.75) is 38.6 Å². The number of carboxylic acid groups (broad SMARTS) is 1. The van der Waals surface area contributed by atoms with Gasteiger partial charge in [0.05, 0.1) is 17.4 Å². The molecule has 1 amide bonds. The maximum absolute atomic E-state index is 12.2. The Bertz CT molecular complexity index is 474. The topological polar surface area (TPSA) is 79.3 Å². The van der Waals surface area contributed by atoms with Crippen LogP contribution in [0.3, 0.4) is 0 Å². The van der Waals surface area contributed by atoms with Gasteiger partial charge in [-0.05, 0) is 26.2 Å². The minimum absolute atomic E-state index is 0.168. The van der Waals surface area contributed by atoms with Crippen LogP contribution in [0.5, 0.6) is 0 Å². The van der Waals surface area contributed by atoms with Crippen LogP contribution in [0.4, 0.5) is 0 Å². The molecule has 1 fully saturated rings. The zero-order chi connectivity index (χ0) is 14.0. The lowest BCUT2D eigenvalue weighted by molar-refractivity contribution is -0.153. The number of thiazole rings is 1. The van der Waals surface area contributed by atoms with E-state index in [2.05, 4.69) is 10.3 Å². The molecule has 2 N–H and O–H groups in total. The molecule has 104 valence electrons.